The molecule has 6 heterocycles. The molecule has 4 saturated heterocycles. The number of piperazine rings is 1. The number of alkyl halides is 1. The second-order valence-corrected chi connectivity index (χ2v) is 12.1. The average molecular weight is 528 g/mol. The molecule has 2 N–H and O–H groups in total. The molecule has 4 aliphatic heterocycles. The molecule has 0 saturated carbocycles. The number of nitrogens with zero attached hydrogens (tertiary/aromatic N) is 5. The number of halogens is 1. The molecule has 8 rings (SSSR count). The number of hydrogen-bond donors (Lipinski definition) is 2. The van der Waals surface area contributed by atoms with Crippen molar-refractivity contribution in [1.82, 2.24) is 30.4 Å². The lowest BCUT2D eigenvalue weighted by atomic mass is 9.95. The highest BCUT2D eigenvalue weighted by Gasteiger charge is 2.49. The van der Waals surface area contributed by atoms with Gasteiger partial charge in [-0.25, -0.2) is 4.39 Å². The van der Waals surface area contributed by atoms with E-state index in [9.17, 15) is 4.39 Å². The van der Waals surface area contributed by atoms with E-state index in [4.69, 9.17) is 14.7 Å². The Kier molecular flexibility index (Phi) is 5.35. The molecular formula is C30H34FN7O. The lowest BCUT2D eigenvalue weighted by Crippen LogP contribution is -2.51. The van der Waals surface area contributed by atoms with Gasteiger partial charge in [-0.15, -0.1) is 0 Å². The van der Waals surface area contributed by atoms with Crippen molar-refractivity contribution < 1.29 is 9.13 Å². The van der Waals surface area contributed by atoms with Gasteiger partial charge in [-0.1, -0.05) is 18.2 Å². The largest absolute Gasteiger partial charge is 0.461 e. The van der Waals surface area contributed by atoms with Crippen molar-refractivity contribution in [3.05, 3.63) is 42.1 Å². The maximum Gasteiger partial charge on any atom is 0.319 e. The quantitative estimate of drug-likeness (QED) is 0.399. The highest BCUT2D eigenvalue weighted by molar-refractivity contribution is 5.99. The van der Waals surface area contributed by atoms with Crippen LogP contribution in [0.2, 0.25) is 0 Å². The summed E-state index contributed by atoms with van der Waals surface area (Å²) in [6, 6.07) is 12.1. The number of rotatable bonds is 5. The number of H-pyrrole nitrogens is 1. The standard InChI is InChI=1S/C30H34FN7O/c1-18-3-4-20-13-32-36-27(20)26(18)19-5-8-24-25(11-19)34-29(35-28(24)37-15-22-6-7-23(16-37)33-22)39-17-30-9-2-10-38(30)14-21(31)12-30/h3-5,8,11,13,21-23,33H,2,6-7,9-10,12,14-17H2,1H3,(H,32,36)/t21-,22?,23?,30+/m1/s1. The second kappa shape index (κ2) is 8.86. The Hall–Kier alpha value is -3.30. The minimum atomic E-state index is -0.783. The molecular weight excluding hydrogens is 493 g/mol. The van der Waals surface area contributed by atoms with Crippen molar-refractivity contribution in [1.29, 1.82) is 0 Å². The minimum absolute atomic E-state index is 0.235. The number of fused-ring (bicyclic) bond motifs is 5. The number of anilines is 1. The van der Waals surface area contributed by atoms with Gasteiger partial charge in [0.1, 0.15) is 18.6 Å². The third kappa shape index (κ3) is 3.89. The summed E-state index contributed by atoms with van der Waals surface area (Å²) in [4.78, 5) is 14.6. The number of benzene rings is 2. The topological polar surface area (TPSA) is 82.2 Å². The van der Waals surface area contributed by atoms with Crippen molar-refractivity contribution in [2.45, 2.75) is 62.8 Å². The van der Waals surface area contributed by atoms with Crippen LogP contribution in [0.1, 0.15) is 37.7 Å². The number of hydrogen-bond acceptors (Lipinski definition) is 7. The van der Waals surface area contributed by atoms with Gasteiger partial charge in [0, 0.05) is 54.5 Å². The van der Waals surface area contributed by atoms with Crippen molar-refractivity contribution >= 4 is 27.6 Å². The Bertz CT molecular complexity index is 1560. The van der Waals surface area contributed by atoms with E-state index < -0.39 is 6.17 Å². The van der Waals surface area contributed by atoms with E-state index in [1.165, 1.54) is 18.4 Å². The highest BCUT2D eigenvalue weighted by Crippen LogP contribution is 2.41. The maximum absolute atomic E-state index is 14.4. The summed E-state index contributed by atoms with van der Waals surface area (Å²) >= 11 is 0. The molecule has 0 radical (unpaired) electrons. The average Bonchev–Trinajstić information content (AvgIpc) is 3.70. The predicted octanol–water partition coefficient (Wildman–Crippen LogP) is 4.38. The molecule has 0 spiro atoms. The summed E-state index contributed by atoms with van der Waals surface area (Å²) in [5, 5.41) is 13.3. The zero-order chi connectivity index (χ0) is 26.1. The molecule has 4 fully saturated rings. The monoisotopic (exact) mass is 527 g/mol. The van der Waals surface area contributed by atoms with Crippen LogP contribution in [0.4, 0.5) is 10.2 Å². The minimum Gasteiger partial charge on any atom is -0.461 e. The first-order valence-electron chi connectivity index (χ1n) is 14.3. The van der Waals surface area contributed by atoms with Crippen LogP contribution < -0.4 is 15.0 Å². The number of nitrogens with one attached hydrogen (secondary N) is 2. The van der Waals surface area contributed by atoms with E-state index in [1.807, 2.05) is 6.20 Å². The fourth-order valence-electron chi connectivity index (χ4n) is 7.66. The SMILES string of the molecule is Cc1ccc2cn[nH]c2c1-c1ccc2c(N3CC4CCC(C3)N4)nc(OC[C@@]34CCCN3C[C@H](F)C4)nc2c1. The van der Waals surface area contributed by atoms with E-state index in [1.54, 1.807) is 0 Å². The van der Waals surface area contributed by atoms with E-state index >= 15 is 0 Å². The molecule has 2 aromatic carbocycles. The zero-order valence-corrected chi connectivity index (χ0v) is 22.3. The molecule has 4 atom stereocenters. The van der Waals surface area contributed by atoms with Gasteiger partial charge in [-0.05, 0) is 62.4 Å². The smallest absolute Gasteiger partial charge is 0.319 e. The summed E-state index contributed by atoms with van der Waals surface area (Å²) in [6.45, 7) is 5.87. The molecule has 0 amide bonds. The van der Waals surface area contributed by atoms with Gasteiger partial charge in [-0.3, -0.25) is 10.00 Å². The Morgan fingerprint density at radius 1 is 1.10 bits per heavy atom. The van der Waals surface area contributed by atoms with Gasteiger partial charge in [0.25, 0.3) is 0 Å². The number of aromatic nitrogens is 4. The Balaban J connectivity index is 1.21. The first kappa shape index (κ1) is 23.6. The van der Waals surface area contributed by atoms with Gasteiger partial charge in [0.05, 0.1) is 22.8 Å². The molecule has 39 heavy (non-hydrogen) atoms. The lowest BCUT2D eigenvalue weighted by Gasteiger charge is -2.34. The molecule has 8 nitrogen and oxygen atoms in total. The van der Waals surface area contributed by atoms with Crippen LogP contribution in [-0.4, -0.2) is 81.6 Å². The van der Waals surface area contributed by atoms with Crippen molar-refractivity contribution in [3.63, 3.8) is 0 Å². The zero-order valence-electron chi connectivity index (χ0n) is 22.3. The van der Waals surface area contributed by atoms with Crippen LogP contribution in [0, 0.1) is 6.92 Å². The Labute approximate surface area is 226 Å². The van der Waals surface area contributed by atoms with Crippen molar-refractivity contribution in [2.24, 2.45) is 0 Å². The first-order chi connectivity index (χ1) is 19.0. The van der Waals surface area contributed by atoms with E-state index in [0.29, 0.717) is 37.7 Å². The summed E-state index contributed by atoms with van der Waals surface area (Å²) in [5.41, 5.74) is 5.06. The molecule has 202 valence electrons. The van der Waals surface area contributed by atoms with Gasteiger partial charge >= 0.3 is 6.01 Å². The number of aromatic amines is 1. The van der Waals surface area contributed by atoms with E-state index in [2.05, 4.69) is 62.6 Å². The van der Waals surface area contributed by atoms with Crippen LogP contribution in [0.15, 0.2) is 36.5 Å². The second-order valence-electron chi connectivity index (χ2n) is 12.1. The Morgan fingerprint density at radius 2 is 1.97 bits per heavy atom. The molecule has 4 aliphatic rings. The number of ether oxygens (including phenoxy) is 1. The van der Waals surface area contributed by atoms with E-state index in [-0.39, 0.29) is 5.54 Å². The summed E-state index contributed by atoms with van der Waals surface area (Å²) in [5.74, 6) is 0.937. The van der Waals surface area contributed by atoms with Crippen molar-refractivity contribution in [2.75, 3.05) is 37.7 Å². The maximum atomic E-state index is 14.4. The summed E-state index contributed by atoms with van der Waals surface area (Å²) in [7, 11) is 0. The lowest BCUT2D eigenvalue weighted by molar-refractivity contribution is 0.107. The Morgan fingerprint density at radius 3 is 2.85 bits per heavy atom. The number of aryl methyl sites for hydroxylation is 1. The van der Waals surface area contributed by atoms with Crippen LogP contribution in [0.3, 0.4) is 0 Å². The van der Waals surface area contributed by atoms with Gasteiger partial charge in [-0.2, -0.15) is 15.1 Å². The van der Waals surface area contributed by atoms with Crippen molar-refractivity contribution in [3.8, 4) is 17.1 Å². The van der Waals surface area contributed by atoms with Gasteiger partial charge in [0.15, 0.2) is 0 Å². The van der Waals surface area contributed by atoms with Crippen LogP contribution in [0.25, 0.3) is 32.9 Å². The molecule has 2 unspecified atom stereocenters. The van der Waals surface area contributed by atoms with Gasteiger partial charge in [0.2, 0.25) is 0 Å². The molecule has 9 heteroatoms. The molecule has 0 aliphatic carbocycles. The summed E-state index contributed by atoms with van der Waals surface area (Å²) < 4.78 is 20.8. The fraction of sp³-hybridized carbons (Fsp3) is 0.500. The fourth-order valence-corrected chi connectivity index (χ4v) is 7.66. The first-order valence-corrected chi connectivity index (χ1v) is 14.3. The highest BCUT2D eigenvalue weighted by atomic mass is 19.1. The van der Waals surface area contributed by atoms with Crippen LogP contribution in [0.5, 0.6) is 6.01 Å². The molecule has 2 aromatic heterocycles. The summed E-state index contributed by atoms with van der Waals surface area (Å²) in [6.07, 6.45) is 6.07. The van der Waals surface area contributed by atoms with Crippen LogP contribution >= 0.6 is 0 Å². The molecule has 4 aromatic rings. The van der Waals surface area contributed by atoms with Gasteiger partial charge < -0.3 is 15.0 Å². The van der Waals surface area contributed by atoms with Crippen LogP contribution in [-0.2, 0) is 0 Å². The predicted molar refractivity (Wildman–Crippen MR) is 150 cm³/mol. The third-order valence-electron chi connectivity index (χ3n) is 9.52. The normalized spacial score (nSPS) is 28.6. The van der Waals surface area contributed by atoms with E-state index in [0.717, 1.165) is 71.2 Å². The third-order valence-corrected chi connectivity index (χ3v) is 9.52. The molecule has 2 bridgehead atoms.